The Kier molecular flexibility index (Phi) is 6.00. The number of aliphatic hydroxyl groups excluding tert-OH is 1. The van der Waals surface area contributed by atoms with Gasteiger partial charge in [0, 0.05) is 25.8 Å². The molecule has 0 saturated carbocycles. The van der Waals surface area contributed by atoms with Crippen LogP contribution in [0.2, 0.25) is 0 Å². The van der Waals surface area contributed by atoms with Crippen molar-refractivity contribution in [3.05, 3.63) is 24.0 Å². The number of piperidine rings is 1. The van der Waals surface area contributed by atoms with E-state index in [0.717, 1.165) is 19.3 Å². The number of halogens is 1. The number of urea groups is 1. The van der Waals surface area contributed by atoms with E-state index in [1.165, 1.54) is 18.2 Å². The van der Waals surface area contributed by atoms with Crippen molar-refractivity contribution >= 4 is 11.7 Å². The van der Waals surface area contributed by atoms with Crippen LogP contribution in [0.5, 0.6) is 5.75 Å². The van der Waals surface area contributed by atoms with Crippen molar-refractivity contribution in [2.75, 3.05) is 31.6 Å². The van der Waals surface area contributed by atoms with Crippen LogP contribution < -0.4 is 10.1 Å². The summed E-state index contributed by atoms with van der Waals surface area (Å²) in [6.45, 7) is 3.71. The summed E-state index contributed by atoms with van der Waals surface area (Å²) in [5.41, 5.74) is 0.464. The van der Waals surface area contributed by atoms with Gasteiger partial charge in [-0.3, -0.25) is 0 Å². The zero-order valence-electron chi connectivity index (χ0n) is 12.8. The molecule has 1 atom stereocenters. The number of rotatable bonds is 5. The second-order valence-electron chi connectivity index (χ2n) is 5.56. The minimum atomic E-state index is -0.401. The highest BCUT2D eigenvalue weighted by molar-refractivity contribution is 5.91. The molecule has 1 aliphatic heterocycles. The molecule has 6 heteroatoms. The molecule has 1 aromatic carbocycles. The lowest BCUT2D eigenvalue weighted by Crippen LogP contribution is -2.43. The molecule has 1 aliphatic rings. The lowest BCUT2D eigenvalue weighted by molar-refractivity contribution is 0.136. The SMILES string of the molecule is CCCOc1cc(F)ccc1NC(=O)N1CCCC(CO)C1. The van der Waals surface area contributed by atoms with Crippen LogP contribution in [0.25, 0.3) is 0 Å². The van der Waals surface area contributed by atoms with Crippen LogP contribution >= 0.6 is 0 Å². The maximum atomic E-state index is 13.3. The standard InChI is InChI=1S/C16H23FN2O3/c1-2-8-22-15-9-13(17)5-6-14(15)18-16(21)19-7-3-4-12(10-19)11-20/h5-6,9,12,20H,2-4,7-8,10-11H2,1H3,(H,18,21). The van der Waals surface area contributed by atoms with E-state index in [1.807, 2.05) is 6.92 Å². The molecule has 2 rings (SSSR count). The first kappa shape index (κ1) is 16.5. The minimum absolute atomic E-state index is 0.0885. The van der Waals surface area contributed by atoms with Crippen molar-refractivity contribution in [2.45, 2.75) is 26.2 Å². The Labute approximate surface area is 130 Å². The number of likely N-dealkylation sites (tertiary alicyclic amines) is 1. The van der Waals surface area contributed by atoms with Gasteiger partial charge >= 0.3 is 6.03 Å². The van der Waals surface area contributed by atoms with Crippen LogP contribution in [-0.2, 0) is 0 Å². The molecule has 1 fully saturated rings. The maximum absolute atomic E-state index is 13.3. The number of nitrogens with one attached hydrogen (secondary N) is 1. The van der Waals surface area contributed by atoms with Crippen LogP contribution in [0, 0.1) is 11.7 Å². The third-order valence-corrected chi connectivity index (χ3v) is 3.71. The van der Waals surface area contributed by atoms with Crippen LogP contribution in [0.3, 0.4) is 0 Å². The van der Waals surface area contributed by atoms with Gasteiger partial charge in [0.1, 0.15) is 11.6 Å². The lowest BCUT2D eigenvalue weighted by atomic mass is 9.99. The molecule has 1 saturated heterocycles. The number of benzene rings is 1. The van der Waals surface area contributed by atoms with E-state index in [2.05, 4.69) is 5.32 Å². The van der Waals surface area contributed by atoms with Crippen LogP contribution in [0.1, 0.15) is 26.2 Å². The van der Waals surface area contributed by atoms with Gasteiger partial charge in [-0.05, 0) is 37.3 Å². The number of hydrogen-bond acceptors (Lipinski definition) is 3. The van der Waals surface area contributed by atoms with Gasteiger partial charge < -0.3 is 20.1 Å². The van der Waals surface area contributed by atoms with Crippen molar-refractivity contribution < 1.29 is 19.0 Å². The van der Waals surface area contributed by atoms with Gasteiger partial charge in [-0.1, -0.05) is 6.92 Å². The zero-order chi connectivity index (χ0) is 15.9. The number of amides is 2. The molecule has 22 heavy (non-hydrogen) atoms. The molecule has 122 valence electrons. The fourth-order valence-electron chi connectivity index (χ4n) is 2.52. The number of aliphatic hydroxyl groups is 1. The first-order valence-electron chi connectivity index (χ1n) is 7.73. The Morgan fingerprint density at radius 2 is 2.36 bits per heavy atom. The van der Waals surface area contributed by atoms with E-state index in [4.69, 9.17) is 4.74 Å². The van der Waals surface area contributed by atoms with Gasteiger partial charge in [0.25, 0.3) is 0 Å². The molecular formula is C16H23FN2O3. The number of ether oxygens (including phenoxy) is 1. The molecule has 1 aromatic rings. The van der Waals surface area contributed by atoms with E-state index in [0.29, 0.717) is 31.1 Å². The summed E-state index contributed by atoms with van der Waals surface area (Å²) in [7, 11) is 0. The fourth-order valence-corrected chi connectivity index (χ4v) is 2.52. The Morgan fingerprint density at radius 1 is 1.55 bits per heavy atom. The van der Waals surface area contributed by atoms with Crippen molar-refractivity contribution in [3.8, 4) is 5.75 Å². The van der Waals surface area contributed by atoms with Crippen molar-refractivity contribution in [1.82, 2.24) is 4.90 Å². The van der Waals surface area contributed by atoms with Gasteiger partial charge in [-0.2, -0.15) is 0 Å². The van der Waals surface area contributed by atoms with Gasteiger partial charge in [0.05, 0.1) is 12.3 Å². The molecule has 0 aromatic heterocycles. The Hall–Kier alpha value is -1.82. The highest BCUT2D eigenvalue weighted by atomic mass is 19.1. The van der Waals surface area contributed by atoms with Crippen molar-refractivity contribution in [3.63, 3.8) is 0 Å². The van der Waals surface area contributed by atoms with Gasteiger partial charge in [-0.25, -0.2) is 9.18 Å². The monoisotopic (exact) mass is 310 g/mol. The van der Waals surface area contributed by atoms with Crippen LogP contribution in [0.15, 0.2) is 18.2 Å². The predicted octanol–water partition coefficient (Wildman–Crippen LogP) is 2.85. The molecular weight excluding hydrogens is 287 g/mol. The van der Waals surface area contributed by atoms with Crippen LogP contribution in [0.4, 0.5) is 14.9 Å². The third-order valence-electron chi connectivity index (χ3n) is 3.71. The van der Waals surface area contributed by atoms with Gasteiger partial charge in [0.2, 0.25) is 0 Å². The van der Waals surface area contributed by atoms with Crippen molar-refractivity contribution in [1.29, 1.82) is 0 Å². The van der Waals surface area contributed by atoms with E-state index in [9.17, 15) is 14.3 Å². The number of nitrogens with zero attached hydrogens (tertiary/aromatic N) is 1. The molecule has 2 amide bonds. The van der Waals surface area contributed by atoms with Crippen molar-refractivity contribution in [2.24, 2.45) is 5.92 Å². The summed E-state index contributed by atoms with van der Waals surface area (Å²) in [5.74, 6) is 0.0665. The number of carbonyl (C=O) groups excluding carboxylic acids is 1. The summed E-state index contributed by atoms with van der Waals surface area (Å²) in [5, 5.41) is 12.0. The molecule has 2 N–H and O–H groups in total. The molecule has 0 spiro atoms. The Morgan fingerprint density at radius 3 is 3.09 bits per heavy atom. The normalized spacial score (nSPS) is 18.1. The second-order valence-corrected chi connectivity index (χ2v) is 5.56. The maximum Gasteiger partial charge on any atom is 0.321 e. The first-order chi connectivity index (χ1) is 10.6. The highest BCUT2D eigenvalue weighted by Crippen LogP contribution is 2.26. The third kappa shape index (κ3) is 4.34. The Bertz CT molecular complexity index is 510. The predicted molar refractivity (Wildman–Crippen MR) is 82.6 cm³/mol. The van der Waals surface area contributed by atoms with E-state index >= 15 is 0 Å². The second kappa shape index (κ2) is 7.98. The number of hydrogen-bond donors (Lipinski definition) is 2. The number of carbonyl (C=O) groups is 1. The highest BCUT2D eigenvalue weighted by Gasteiger charge is 2.23. The van der Waals surface area contributed by atoms with E-state index < -0.39 is 5.82 Å². The molecule has 1 unspecified atom stereocenters. The first-order valence-corrected chi connectivity index (χ1v) is 7.73. The van der Waals surface area contributed by atoms with Gasteiger partial charge in [-0.15, -0.1) is 0 Å². The fraction of sp³-hybridized carbons (Fsp3) is 0.562. The molecule has 1 heterocycles. The smallest absolute Gasteiger partial charge is 0.321 e. The van der Waals surface area contributed by atoms with Crippen LogP contribution in [-0.4, -0.2) is 42.3 Å². The summed E-state index contributed by atoms with van der Waals surface area (Å²) in [4.78, 5) is 14.0. The molecule has 0 radical (unpaired) electrons. The minimum Gasteiger partial charge on any atom is -0.491 e. The zero-order valence-corrected chi connectivity index (χ0v) is 12.8. The van der Waals surface area contributed by atoms with E-state index in [-0.39, 0.29) is 18.6 Å². The summed E-state index contributed by atoms with van der Waals surface area (Å²) >= 11 is 0. The van der Waals surface area contributed by atoms with Gasteiger partial charge in [0.15, 0.2) is 0 Å². The van der Waals surface area contributed by atoms with E-state index in [1.54, 1.807) is 4.90 Å². The average Bonchev–Trinajstić information content (AvgIpc) is 2.55. The topological polar surface area (TPSA) is 61.8 Å². The molecule has 5 nitrogen and oxygen atoms in total. The molecule has 0 bridgehead atoms. The summed E-state index contributed by atoms with van der Waals surface area (Å²) in [6, 6.07) is 3.83. The molecule has 0 aliphatic carbocycles. The average molecular weight is 310 g/mol. The summed E-state index contributed by atoms with van der Waals surface area (Å²) < 4.78 is 18.8. The quantitative estimate of drug-likeness (QED) is 0.879. The largest absolute Gasteiger partial charge is 0.491 e. The summed E-state index contributed by atoms with van der Waals surface area (Å²) in [6.07, 6.45) is 2.61. The Balaban J connectivity index is 2.04. The lowest BCUT2D eigenvalue weighted by Gasteiger charge is -2.32. The number of anilines is 1.